The van der Waals surface area contributed by atoms with Crippen LogP contribution in [0, 0.1) is 0 Å². The van der Waals surface area contributed by atoms with Crippen LogP contribution in [0.4, 0.5) is 4.79 Å². The number of carbonyl (C=O) groups excluding carboxylic acids is 1. The number of rotatable bonds is 5. The van der Waals surface area contributed by atoms with Crippen LogP contribution >= 0.6 is 0 Å². The third-order valence-corrected chi connectivity index (χ3v) is 4.44. The molecule has 1 aliphatic carbocycles. The summed E-state index contributed by atoms with van der Waals surface area (Å²) in [6, 6.07) is 8.83. The van der Waals surface area contributed by atoms with E-state index >= 15 is 0 Å². The number of carbonyl (C=O) groups is 1. The van der Waals surface area contributed by atoms with Gasteiger partial charge >= 0.3 is 6.03 Å². The zero-order chi connectivity index (χ0) is 15.4. The maximum Gasteiger partial charge on any atom is 0.317 e. The van der Waals surface area contributed by atoms with Crippen molar-refractivity contribution in [2.75, 3.05) is 39.8 Å². The highest BCUT2D eigenvalue weighted by Crippen LogP contribution is 2.19. The number of ether oxygens (including phenoxy) is 1. The van der Waals surface area contributed by atoms with Gasteiger partial charge in [0.1, 0.15) is 5.75 Å². The predicted octanol–water partition coefficient (Wildman–Crippen LogP) is 1.73. The lowest BCUT2D eigenvalue weighted by Gasteiger charge is -2.34. The van der Waals surface area contributed by atoms with Gasteiger partial charge in [0.25, 0.3) is 0 Å². The molecule has 1 saturated carbocycles. The fourth-order valence-corrected chi connectivity index (χ4v) is 2.75. The number of methoxy groups -OCH3 is 1. The SMILES string of the molecule is COc1ccc(CCN2CCN(C(=O)NC3CC3)CC2)cc1. The highest BCUT2D eigenvalue weighted by Gasteiger charge is 2.27. The van der Waals surface area contributed by atoms with Crippen LogP contribution in [0.15, 0.2) is 24.3 Å². The Hall–Kier alpha value is -1.75. The molecular weight excluding hydrogens is 278 g/mol. The molecule has 1 aromatic carbocycles. The van der Waals surface area contributed by atoms with E-state index in [-0.39, 0.29) is 6.03 Å². The Morgan fingerprint density at radius 2 is 1.86 bits per heavy atom. The van der Waals surface area contributed by atoms with Gasteiger partial charge in [0.05, 0.1) is 7.11 Å². The average molecular weight is 303 g/mol. The van der Waals surface area contributed by atoms with Crippen molar-refractivity contribution in [2.45, 2.75) is 25.3 Å². The van der Waals surface area contributed by atoms with Gasteiger partial charge in [-0.1, -0.05) is 12.1 Å². The summed E-state index contributed by atoms with van der Waals surface area (Å²) in [6.45, 7) is 4.65. The van der Waals surface area contributed by atoms with E-state index < -0.39 is 0 Å². The third-order valence-electron chi connectivity index (χ3n) is 4.44. The van der Waals surface area contributed by atoms with Crippen LogP contribution in [0.2, 0.25) is 0 Å². The summed E-state index contributed by atoms with van der Waals surface area (Å²) in [4.78, 5) is 16.4. The predicted molar refractivity (Wildman–Crippen MR) is 86.3 cm³/mol. The second-order valence-electron chi connectivity index (χ2n) is 6.15. The summed E-state index contributed by atoms with van der Waals surface area (Å²) in [7, 11) is 1.69. The lowest BCUT2D eigenvalue weighted by Crippen LogP contribution is -2.52. The van der Waals surface area contributed by atoms with Crippen molar-refractivity contribution in [3.05, 3.63) is 29.8 Å². The maximum absolute atomic E-state index is 12.0. The summed E-state index contributed by atoms with van der Waals surface area (Å²) in [5, 5.41) is 3.06. The number of amides is 2. The Labute approximate surface area is 132 Å². The molecular formula is C17H25N3O2. The van der Waals surface area contributed by atoms with E-state index in [1.54, 1.807) is 7.11 Å². The minimum Gasteiger partial charge on any atom is -0.497 e. The summed E-state index contributed by atoms with van der Waals surface area (Å²) in [6.07, 6.45) is 3.33. The summed E-state index contributed by atoms with van der Waals surface area (Å²) in [5.74, 6) is 0.902. The van der Waals surface area contributed by atoms with Gasteiger partial charge in [-0.3, -0.25) is 4.90 Å². The van der Waals surface area contributed by atoms with E-state index in [2.05, 4.69) is 22.3 Å². The van der Waals surface area contributed by atoms with Crippen LogP contribution < -0.4 is 10.1 Å². The molecule has 3 rings (SSSR count). The number of hydrogen-bond donors (Lipinski definition) is 1. The Bertz CT molecular complexity index is 491. The van der Waals surface area contributed by atoms with Crippen molar-refractivity contribution in [2.24, 2.45) is 0 Å². The third kappa shape index (κ3) is 4.13. The van der Waals surface area contributed by atoms with E-state index in [0.717, 1.165) is 57.7 Å². The maximum atomic E-state index is 12.0. The Morgan fingerprint density at radius 3 is 2.45 bits per heavy atom. The molecule has 22 heavy (non-hydrogen) atoms. The minimum absolute atomic E-state index is 0.123. The van der Waals surface area contributed by atoms with Crippen molar-refractivity contribution in [1.82, 2.24) is 15.1 Å². The highest BCUT2D eigenvalue weighted by molar-refractivity contribution is 5.75. The molecule has 2 fully saturated rings. The molecule has 1 aromatic rings. The zero-order valence-electron chi connectivity index (χ0n) is 13.3. The quantitative estimate of drug-likeness (QED) is 0.901. The van der Waals surface area contributed by atoms with Gasteiger partial charge in [0.2, 0.25) is 0 Å². The molecule has 2 amide bonds. The van der Waals surface area contributed by atoms with Crippen LogP contribution in [0.25, 0.3) is 0 Å². The molecule has 1 aliphatic heterocycles. The fourth-order valence-electron chi connectivity index (χ4n) is 2.75. The summed E-state index contributed by atoms with van der Waals surface area (Å²) < 4.78 is 5.18. The van der Waals surface area contributed by atoms with Gasteiger partial charge in [-0.15, -0.1) is 0 Å². The van der Waals surface area contributed by atoms with Crippen LogP contribution in [0.3, 0.4) is 0 Å². The van der Waals surface area contributed by atoms with Gasteiger partial charge in [0, 0.05) is 38.8 Å². The van der Waals surface area contributed by atoms with E-state index in [1.165, 1.54) is 5.56 Å². The number of piperazine rings is 1. The van der Waals surface area contributed by atoms with Crippen LogP contribution in [0.5, 0.6) is 5.75 Å². The molecule has 0 aromatic heterocycles. The fraction of sp³-hybridized carbons (Fsp3) is 0.588. The molecule has 0 radical (unpaired) electrons. The highest BCUT2D eigenvalue weighted by atomic mass is 16.5. The van der Waals surface area contributed by atoms with Crippen molar-refractivity contribution >= 4 is 6.03 Å². The number of urea groups is 1. The van der Waals surface area contributed by atoms with E-state index in [1.807, 2.05) is 17.0 Å². The molecule has 2 aliphatic rings. The van der Waals surface area contributed by atoms with E-state index in [4.69, 9.17) is 4.74 Å². The molecule has 0 unspecified atom stereocenters. The Balaban J connectivity index is 1.38. The van der Waals surface area contributed by atoms with Gasteiger partial charge in [-0.05, 0) is 37.0 Å². The first-order chi connectivity index (χ1) is 10.7. The molecule has 1 heterocycles. The molecule has 1 saturated heterocycles. The smallest absolute Gasteiger partial charge is 0.317 e. The van der Waals surface area contributed by atoms with Crippen molar-refractivity contribution in [1.29, 1.82) is 0 Å². The largest absolute Gasteiger partial charge is 0.497 e. The van der Waals surface area contributed by atoms with E-state index in [9.17, 15) is 4.79 Å². The first kappa shape index (κ1) is 15.2. The Kier molecular flexibility index (Phi) is 4.83. The van der Waals surface area contributed by atoms with Crippen LogP contribution in [0.1, 0.15) is 18.4 Å². The standard InChI is InChI=1S/C17H25N3O2/c1-22-16-6-2-14(3-7-16)8-9-19-10-12-20(13-11-19)17(21)18-15-4-5-15/h2-3,6-7,15H,4-5,8-13H2,1H3,(H,18,21). The van der Waals surface area contributed by atoms with Crippen LogP contribution in [-0.2, 0) is 6.42 Å². The average Bonchev–Trinajstić information content (AvgIpc) is 3.38. The van der Waals surface area contributed by atoms with Gasteiger partial charge in [-0.25, -0.2) is 4.79 Å². The molecule has 0 spiro atoms. The number of nitrogens with zero attached hydrogens (tertiary/aromatic N) is 2. The topological polar surface area (TPSA) is 44.8 Å². The lowest BCUT2D eigenvalue weighted by molar-refractivity contribution is 0.140. The number of hydrogen-bond acceptors (Lipinski definition) is 3. The van der Waals surface area contributed by atoms with Gasteiger partial charge < -0.3 is 15.0 Å². The second kappa shape index (κ2) is 7.01. The monoisotopic (exact) mass is 303 g/mol. The number of benzene rings is 1. The normalized spacial score (nSPS) is 19.0. The lowest BCUT2D eigenvalue weighted by atomic mass is 10.1. The summed E-state index contributed by atoms with van der Waals surface area (Å²) in [5.41, 5.74) is 1.33. The minimum atomic E-state index is 0.123. The van der Waals surface area contributed by atoms with Crippen molar-refractivity contribution in [3.63, 3.8) is 0 Å². The van der Waals surface area contributed by atoms with Gasteiger partial charge in [0.15, 0.2) is 0 Å². The zero-order valence-corrected chi connectivity index (χ0v) is 13.3. The van der Waals surface area contributed by atoms with E-state index in [0.29, 0.717) is 6.04 Å². The summed E-state index contributed by atoms with van der Waals surface area (Å²) >= 11 is 0. The molecule has 0 atom stereocenters. The van der Waals surface area contributed by atoms with Crippen LogP contribution in [-0.4, -0.2) is 61.7 Å². The van der Waals surface area contributed by atoms with Crippen molar-refractivity contribution in [3.8, 4) is 5.75 Å². The molecule has 5 nitrogen and oxygen atoms in total. The van der Waals surface area contributed by atoms with Gasteiger partial charge in [-0.2, -0.15) is 0 Å². The Morgan fingerprint density at radius 1 is 1.18 bits per heavy atom. The molecule has 0 bridgehead atoms. The molecule has 120 valence electrons. The first-order valence-electron chi connectivity index (χ1n) is 8.15. The number of nitrogens with one attached hydrogen (secondary N) is 1. The second-order valence-corrected chi connectivity index (χ2v) is 6.15. The van der Waals surface area contributed by atoms with Crippen molar-refractivity contribution < 1.29 is 9.53 Å². The molecule has 1 N–H and O–H groups in total. The first-order valence-corrected chi connectivity index (χ1v) is 8.15. The molecule has 5 heteroatoms.